The van der Waals surface area contributed by atoms with Crippen molar-refractivity contribution in [2.45, 2.75) is 18.9 Å². The highest BCUT2D eigenvalue weighted by Crippen LogP contribution is 2.46. The van der Waals surface area contributed by atoms with E-state index in [1.807, 2.05) is 17.5 Å². The zero-order valence-electron chi connectivity index (χ0n) is 9.52. The first-order chi connectivity index (χ1) is 8.68. The van der Waals surface area contributed by atoms with E-state index in [1.165, 1.54) is 6.20 Å². The molecule has 18 heavy (non-hydrogen) atoms. The van der Waals surface area contributed by atoms with E-state index in [4.69, 9.17) is 5.73 Å². The number of hydrogen-bond donors (Lipinski definition) is 1. The van der Waals surface area contributed by atoms with Crippen LogP contribution in [0.5, 0.6) is 0 Å². The number of anilines is 1. The van der Waals surface area contributed by atoms with Crippen LogP contribution >= 0.6 is 11.3 Å². The summed E-state index contributed by atoms with van der Waals surface area (Å²) in [5.74, 6) is 0.635. The lowest BCUT2D eigenvalue weighted by molar-refractivity contribution is -0.384. The highest BCUT2D eigenvalue weighted by atomic mass is 32.1. The summed E-state index contributed by atoms with van der Waals surface area (Å²) in [5.41, 5.74) is 5.73. The van der Waals surface area contributed by atoms with Gasteiger partial charge in [0.15, 0.2) is 0 Å². The predicted octanol–water partition coefficient (Wildman–Crippen LogP) is 2.43. The number of nitrogens with two attached hydrogens (primary N) is 1. The molecule has 2 N–H and O–H groups in total. The Kier molecular flexibility index (Phi) is 2.55. The Labute approximate surface area is 107 Å². The molecule has 0 spiro atoms. The Morgan fingerprint density at radius 1 is 1.61 bits per heavy atom. The molecule has 6 nitrogen and oxygen atoms in total. The third-order valence-electron chi connectivity index (χ3n) is 3.18. The summed E-state index contributed by atoms with van der Waals surface area (Å²) < 4.78 is 1.60. The normalized spacial score (nSPS) is 16.7. The quantitative estimate of drug-likeness (QED) is 0.678. The predicted molar refractivity (Wildman–Crippen MR) is 68.5 cm³/mol. The standard InChI is InChI=1S/C11H12N4O2S/c12-11-8(15(16)17)6-13-14(11)10(7-3-4-7)9-2-1-5-18-9/h1-2,5-7,10H,3-4,12H2. The van der Waals surface area contributed by atoms with Crippen molar-refractivity contribution in [2.75, 3.05) is 5.73 Å². The van der Waals surface area contributed by atoms with Gasteiger partial charge in [-0.1, -0.05) is 6.07 Å². The Balaban J connectivity index is 2.03. The average molecular weight is 264 g/mol. The molecule has 2 aromatic rings. The molecule has 1 aliphatic rings. The van der Waals surface area contributed by atoms with Gasteiger partial charge in [-0.15, -0.1) is 11.3 Å². The average Bonchev–Trinajstić information content (AvgIpc) is 2.86. The lowest BCUT2D eigenvalue weighted by Gasteiger charge is -2.16. The van der Waals surface area contributed by atoms with Crippen molar-refractivity contribution in [3.8, 4) is 0 Å². The minimum absolute atomic E-state index is 0.0405. The minimum atomic E-state index is -0.489. The first-order valence-electron chi connectivity index (χ1n) is 5.69. The molecule has 1 unspecified atom stereocenters. The molecular formula is C11H12N4O2S. The lowest BCUT2D eigenvalue weighted by atomic mass is 10.1. The first-order valence-corrected chi connectivity index (χ1v) is 6.57. The largest absolute Gasteiger partial charge is 0.378 e. The second-order valence-corrected chi connectivity index (χ2v) is 5.39. The van der Waals surface area contributed by atoms with Crippen LogP contribution in [0.3, 0.4) is 0 Å². The summed E-state index contributed by atoms with van der Waals surface area (Å²) in [4.78, 5) is 11.5. The first kappa shape index (κ1) is 11.2. The van der Waals surface area contributed by atoms with E-state index >= 15 is 0 Å². The summed E-state index contributed by atoms with van der Waals surface area (Å²) in [6.07, 6.45) is 3.48. The van der Waals surface area contributed by atoms with Crippen molar-refractivity contribution in [1.82, 2.24) is 9.78 Å². The monoisotopic (exact) mass is 264 g/mol. The number of rotatable bonds is 4. The molecule has 1 aliphatic carbocycles. The van der Waals surface area contributed by atoms with E-state index in [0.29, 0.717) is 5.92 Å². The minimum Gasteiger partial charge on any atom is -0.378 e. The summed E-state index contributed by atoms with van der Waals surface area (Å²) >= 11 is 1.63. The number of nitrogens with zero attached hydrogens (tertiary/aromatic N) is 3. The zero-order valence-corrected chi connectivity index (χ0v) is 10.3. The van der Waals surface area contributed by atoms with Crippen LogP contribution in [0.4, 0.5) is 11.5 Å². The zero-order chi connectivity index (χ0) is 12.7. The fourth-order valence-electron chi connectivity index (χ4n) is 2.15. The molecule has 2 aromatic heterocycles. The lowest BCUT2D eigenvalue weighted by Crippen LogP contribution is -2.15. The molecule has 3 rings (SSSR count). The van der Waals surface area contributed by atoms with E-state index in [0.717, 1.165) is 17.7 Å². The molecule has 94 valence electrons. The second kappa shape index (κ2) is 4.09. The smallest absolute Gasteiger partial charge is 0.330 e. The number of thiophene rings is 1. The van der Waals surface area contributed by atoms with Gasteiger partial charge in [-0.2, -0.15) is 5.10 Å². The summed E-state index contributed by atoms with van der Waals surface area (Å²) in [6.45, 7) is 0. The Bertz CT molecular complexity index is 574. The highest BCUT2D eigenvalue weighted by molar-refractivity contribution is 7.10. The van der Waals surface area contributed by atoms with Crippen molar-refractivity contribution in [3.05, 3.63) is 38.7 Å². The molecule has 0 saturated heterocycles. The SMILES string of the molecule is Nc1c([N+](=O)[O-])cnn1C(c1cccs1)C1CC1. The summed E-state index contributed by atoms with van der Waals surface area (Å²) in [5, 5.41) is 16.9. The Morgan fingerprint density at radius 2 is 2.39 bits per heavy atom. The van der Waals surface area contributed by atoms with Crippen molar-refractivity contribution in [3.63, 3.8) is 0 Å². The highest BCUT2D eigenvalue weighted by Gasteiger charge is 2.37. The number of nitro groups is 1. The van der Waals surface area contributed by atoms with Crippen molar-refractivity contribution < 1.29 is 4.92 Å². The van der Waals surface area contributed by atoms with Crippen LogP contribution in [0, 0.1) is 16.0 Å². The van der Waals surface area contributed by atoms with Crippen LogP contribution in [-0.4, -0.2) is 14.7 Å². The van der Waals surface area contributed by atoms with Crippen molar-refractivity contribution in [1.29, 1.82) is 0 Å². The van der Waals surface area contributed by atoms with E-state index in [9.17, 15) is 10.1 Å². The van der Waals surface area contributed by atoms with Gasteiger partial charge in [0.05, 0.1) is 11.0 Å². The maximum absolute atomic E-state index is 10.8. The van der Waals surface area contributed by atoms with Gasteiger partial charge in [-0.25, -0.2) is 4.68 Å². The molecule has 0 amide bonds. The maximum Gasteiger partial charge on any atom is 0.330 e. The van der Waals surface area contributed by atoms with Crippen LogP contribution in [0.2, 0.25) is 0 Å². The van der Waals surface area contributed by atoms with Crippen molar-refractivity contribution >= 4 is 22.8 Å². The molecule has 0 aliphatic heterocycles. The van der Waals surface area contributed by atoms with Crippen LogP contribution in [0.1, 0.15) is 23.8 Å². The molecule has 2 heterocycles. The van der Waals surface area contributed by atoms with E-state index in [1.54, 1.807) is 16.0 Å². The molecular weight excluding hydrogens is 252 g/mol. The maximum atomic E-state index is 10.8. The molecule has 7 heteroatoms. The molecule has 0 bridgehead atoms. The Hall–Kier alpha value is -1.89. The van der Waals surface area contributed by atoms with Gasteiger partial charge < -0.3 is 5.73 Å². The Morgan fingerprint density at radius 3 is 2.89 bits per heavy atom. The molecule has 1 saturated carbocycles. The molecule has 1 atom stereocenters. The topological polar surface area (TPSA) is 87.0 Å². The van der Waals surface area contributed by atoms with E-state index in [-0.39, 0.29) is 17.5 Å². The van der Waals surface area contributed by atoms with Crippen molar-refractivity contribution in [2.24, 2.45) is 5.92 Å². The number of hydrogen-bond acceptors (Lipinski definition) is 5. The van der Waals surface area contributed by atoms with Crippen LogP contribution < -0.4 is 5.73 Å². The summed E-state index contributed by atoms with van der Waals surface area (Å²) in [7, 11) is 0. The van der Waals surface area contributed by atoms with Gasteiger partial charge >= 0.3 is 5.69 Å². The van der Waals surface area contributed by atoms with Gasteiger partial charge in [-0.05, 0) is 30.2 Å². The fraction of sp³-hybridized carbons (Fsp3) is 0.364. The van der Waals surface area contributed by atoms with Gasteiger partial charge in [0, 0.05) is 4.88 Å². The van der Waals surface area contributed by atoms with Gasteiger partial charge in [0.2, 0.25) is 5.82 Å². The molecule has 1 fully saturated rings. The number of nitrogen functional groups attached to an aromatic ring is 1. The molecule has 0 radical (unpaired) electrons. The van der Waals surface area contributed by atoms with Gasteiger partial charge in [0.25, 0.3) is 0 Å². The third kappa shape index (κ3) is 1.76. The summed E-state index contributed by atoms with van der Waals surface area (Å²) in [6, 6.07) is 4.04. The van der Waals surface area contributed by atoms with Gasteiger partial charge in [-0.3, -0.25) is 10.1 Å². The van der Waals surface area contributed by atoms with Crippen LogP contribution in [0.25, 0.3) is 0 Å². The number of aromatic nitrogens is 2. The molecule has 0 aromatic carbocycles. The van der Waals surface area contributed by atoms with E-state index in [2.05, 4.69) is 5.10 Å². The van der Waals surface area contributed by atoms with Gasteiger partial charge in [0.1, 0.15) is 6.20 Å². The van der Waals surface area contributed by atoms with Crippen LogP contribution in [-0.2, 0) is 0 Å². The third-order valence-corrected chi connectivity index (χ3v) is 4.12. The van der Waals surface area contributed by atoms with E-state index < -0.39 is 4.92 Å². The second-order valence-electron chi connectivity index (χ2n) is 4.41. The fourth-order valence-corrected chi connectivity index (χ4v) is 3.05. The van der Waals surface area contributed by atoms with Crippen LogP contribution in [0.15, 0.2) is 23.7 Å².